The zero-order valence-corrected chi connectivity index (χ0v) is 19.0. The van der Waals surface area contributed by atoms with E-state index in [-0.39, 0.29) is 31.0 Å². The van der Waals surface area contributed by atoms with Gasteiger partial charge in [-0.05, 0) is 36.6 Å². The van der Waals surface area contributed by atoms with Crippen LogP contribution < -0.4 is 14.2 Å². The van der Waals surface area contributed by atoms with Crippen molar-refractivity contribution >= 4 is 5.97 Å². The van der Waals surface area contributed by atoms with Gasteiger partial charge in [-0.15, -0.1) is 0 Å². The molecular weight excluding hydrogens is 422 g/mol. The molecule has 1 fully saturated rings. The SMILES string of the molecule is COc1c2c(cc3c1OCO3)[C@]13C=C[C@H](OC)C[C@@H]1N(C2)C[C@H]3OC(=O)c1ccccc1C. The Morgan fingerprint density at radius 3 is 2.85 bits per heavy atom. The highest BCUT2D eigenvalue weighted by molar-refractivity contribution is 5.91. The molecule has 2 bridgehead atoms. The lowest BCUT2D eigenvalue weighted by Crippen LogP contribution is -2.53. The van der Waals surface area contributed by atoms with Crippen LogP contribution in [0.2, 0.25) is 0 Å². The highest BCUT2D eigenvalue weighted by atomic mass is 16.7. The van der Waals surface area contributed by atoms with E-state index >= 15 is 0 Å². The van der Waals surface area contributed by atoms with Crippen molar-refractivity contribution < 1.29 is 28.5 Å². The Morgan fingerprint density at radius 2 is 2.06 bits per heavy atom. The maximum Gasteiger partial charge on any atom is 0.338 e. The van der Waals surface area contributed by atoms with Gasteiger partial charge in [0.1, 0.15) is 6.10 Å². The molecule has 33 heavy (non-hydrogen) atoms. The molecule has 1 unspecified atom stereocenters. The first-order chi connectivity index (χ1) is 16.1. The number of hydrogen-bond acceptors (Lipinski definition) is 7. The van der Waals surface area contributed by atoms with Crippen molar-refractivity contribution in [3.63, 3.8) is 0 Å². The Kier molecular flexibility index (Phi) is 4.67. The molecule has 0 spiro atoms. The Hall–Kier alpha value is -3.03. The predicted octanol–water partition coefficient (Wildman–Crippen LogP) is 3.37. The summed E-state index contributed by atoms with van der Waals surface area (Å²) < 4.78 is 29.3. The van der Waals surface area contributed by atoms with Gasteiger partial charge >= 0.3 is 5.97 Å². The lowest BCUT2D eigenvalue weighted by Gasteiger charge is -2.46. The van der Waals surface area contributed by atoms with Crippen LogP contribution in [0.3, 0.4) is 0 Å². The standard InChI is InChI=1S/C26H27NO6/c1-15-6-4-5-7-17(15)25(28)33-22-13-27-12-18-19(11-20-24(23(18)30-3)32-14-31-20)26(22)9-8-16(29-2)10-21(26)27/h4-9,11,16,21-22H,10,12-14H2,1-3H3/t16-,21-,22+,26+/m0/s1. The Morgan fingerprint density at radius 1 is 1.21 bits per heavy atom. The molecule has 1 aliphatic carbocycles. The second-order valence-electron chi connectivity index (χ2n) is 9.13. The molecule has 2 aromatic rings. The molecule has 3 aliphatic heterocycles. The fourth-order valence-corrected chi connectivity index (χ4v) is 6.07. The number of fused-ring (bicyclic) bond motifs is 2. The molecule has 2 aromatic carbocycles. The number of carbonyl (C=O) groups excluding carboxylic acids is 1. The van der Waals surface area contributed by atoms with Crippen LogP contribution in [0.15, 0.2) is 42.5 Å². The number of rotatable bonds is 4. The van der Waals surface area contributed by atoms with Gasteiger partial charge in [0.15, 0.2) is 11.5 Å². The van der Waals surface area contributed by atoms with Gasteiger partial charge in [0.2, 0.25) is 12.5 Å². The van der Waals surface area contributed by atoms with Crippen LogP contribution in [0.1, 0.15) is 33.5 Å². The minimum absolute atomic E-state index is 0.0221. The molecular formula is C26H27NO6. The molecule has 7 heteroatoms. The number of esters is 1. The Balaban J connectivity index is 1.49. The van der Waals surface area contributed by atoms with E-state index in [0.29, 0.717) is 35.9 Å². The van der Waals surface area contributed by atoms with Gasteiger partial charge in [0.05, 0.1) is 24.2 Å². The summed E-state index contributed by atoms with van der Waals surface area (Å²) in [6.45, 7) is 3.41. The van der Waals surface area contributed by atoms with Crippen molar-refractivity contribution in [2.45, 2.75) is 43.6 Å². The zero-order valence-electron chi connectivity index (χ0n) is 19.0. The van der Waals surface area contributed by atoms with Crippen LogP contribution >= 0.6 is 0 Å². The number of methoxy groups -OCH3 is 2. The van der Waals surface area contributed by atoms with Crippen molar-refractivity contribution in [3.8, 4) is 17.2 Å². The molecule has 4 aliphatic rings. The van der Waals surface area contributed by atoms with E-state index in [9.17, 15) is 4.79 Å². The van der Waals surface area contributed by atoms with E-state index in [4.69, 9.17) is 23.7 Å². The average molecular weight is 450 g/mol. The highest BCUT2D eigenvalue weighted by Crippen LogP contribution is 2.58. The third-order valence-electron chi connectivity index (χ3n) is 7.64. The van der Waals surface area contributed by atoms with Crippen LogP contribution in [0.4, 0.5) is 0 Å². The number of benzene rings is 2. The van der Waals surface area contributed by atoms with Crippen molar-refractivity contribution in [3.05, 3.63) is 64.7 Å². The van der Waals surface area contributed by atoms with Gasteiger partial charge in [-0.1, -0.05) is 30.4 Å². The van der Waals surface area contributed by atoms with E-state index in [0.717, 1.165) is 23.1 Å². The Labute approximate surface area is 192 Å². The molecule has 172 valence electrons. The molecule has 3 heterocycles. The molecule has 7 nitrogen and oxygen atoms in total. The van der Waals surface area contributed by atoms with Crippen molar-refractivity contribution in [1.82, 2.24) is 4.90 Å². The number of hydrogen-bond donors (Lipinski definition) is 0. The quantitative estimate of drug-likeness (QED) is 0.524. The first-order valence-corrected chi connectivity index (χ1v) is 11.3. The molecule has 5 atom stereocenters. The topological polar surface area (TPSA) is 66.5 Å². The summed E-state index contributed by atoms with van der Waals surface area (Å²) in [5, 5.41) is 0. The van der Waals surface area contributed by atoms with E-state index in [2.05, 4.69) is 23.1 Å². The van der Waals surface area contributed by atoms with Crippen LogP contribution in [0.5, 0.6) is 17.2 Å². The van der Waals surface area contributed by atoms with Crippen molar-refractivity contribution in [1.29, 1.82) is 0 Å². The molecule has 0 saturated carbocycles. The second kappa shape index (κ2) is 7.50. The van der Waals surface area contributed by atoms with Gasteiger partial charge in [-0.3, -0.25) is 4.90 Å². The van der Waals surface area contributed by atoms with Crippen LogP contribution in [0, 0.1) is 6.92 Å². The minimum atomic E-state index is -0.519. The van der Waals surface area contributed by atoms with Crippen LogP contribution in [-0.4, -0.2) is 56.7 Å². The fraction of sp³-hybridized carbons (Fsp3) is 0.423. The van der Waals surface area contributed by atoms with Gasteiger partial charge < -0.3 is 23.7 Å². The first kappa shape index (κ1) is 20.6. The fourth-order valence-electron chi connectivity index (χ4n) is 6.07. The van der Waals surface area contributed by atoms with Crippen molar-refractivity contribution in [2.24, 2.45) is 0 Å². The largest absolute Gasteiger partial charge is 0.492 e. The zero-order chi connectivity index (χ0) is 22.7. The van der Waals surface area contributed by atoms with Gasteiger partial charge in [-0.2, -0.15) is 0 Å². The number of nitrogens with zero attached hydrogens (tertiary/aromatic N) is 1. The molecule has 0 N–H and O–H groups in total. The summed E-state index contributed by atoms with van der Waals surface area (Å²) in [4.78, 5) is 15.7. The molecule has 0 amide bonds. The van der Waals surface area contributed by atoms with E-state index < -0.39 is 5.41 Å². The monoisotopic (exact) mass is 449 g/mol. The van der Waals surface area contributed by atoms with Crippen LogP contribution in [0.25, 0.3) is 0 Å². The lowest BCUT2D eigenvalue weighted by molar-refractivity contribution is 0.0186. The second-order valence-corrected chi connectivity index (χ2v) is 9.13. The summed E-state index contributed by atoms with van der Waals surface area (Å²) in [5.41, 5.74) is 3.13. The normalized spacial score (nSPS) is 30.5. The maximum absolute atomic E-state index is 13.3. The third kappa shape index (κ3) is 2.85. The molecule has 0 aromatic heterocycles. The molecule has 0 radical (unpaired) electrons. The highest BCUT2D eigenvalue weighted by Gasteiger charge is 2.61. The average Bonchev–Trinajstić information content (AvgIpc) is 3.38. The first-order valence-electron chi connectivity index (χ1n) is 11.3. The maximum atomic E-state index is 13.3. The molecule has 1 saturated heterocycles. The van der Waals surface area contributed by atoms with Gasteiger partial charge in [0, 0.05) is 31.8 Å². The summed E-state index contributed by atoms with van der Waals surface area (Å²) in [6.07, 6.45) is 4.77. The van der Waals surface area contributed by atoms with Gasteiger partial charge in [-0.25, -0.2) is 4.79 Å². The summed E-state index contributed by atoms with van der Waals surface area (Å²) in [6, 6.07) is 9.74. The summed E-state index contributed by atoms with van der Waals surface area (Å²) >= 11 is 0. The minimum Gasteiger partial charge on any atom is -0.492 e. The van der Waals surface area contributed by atoms with E-state index in [1.54, 1.807) is 14.2 Å². The number of carbonyl (C=O) groups is 1. The van der Waals surface area contributed by atoms with E-state index in [1.807, 2.05) is 31.2 Å². The van der Waals surface area contributed by atoms with Crippen LogP contribution in [-0.2, 0) is 21.4 Å². The predicted molar refractivity (Wildman–Crippen MR) is 120 cm³/mol. The van der Waals surface area contributed by atoms with Crippen molar-refractivity contribution in [2.75, 3.05) is 27.6 Å². The number of aryl methyl sites for hydroxylation is 1. The summed E-state index contributed by atoms with van der Waals surface area (Å²) in [5.74, 6) is 1.73. The number of ether oxygens (including phenoxy) is 5. The molecule has 6 rings (SSSR count). The third-order valence-corrected chi connectivity index (χ3v) is 7.64. The smallest absolute Gasteiger partial charge is 0.338 e. The van der Waals surface area contributed by atoms with E-state index in [1.165, 1.54) is 0 Å². The lowest BCUT2D eigenvalue weighted by atomic mass is 9.65. The van der Waals surface area contributed by atoms with Gasteiger partial charge in [0.25, 0.3) is 0 Å². The Bertz CT molecular complexity index is 1160. The summed E-state index contributed by atoms with van der Waals surface area (Å²) in [7, 11) is 3.39.